The van der Waals surface area contributed by atoms with E-state index in [0.29, 0.717) is 20.7 Å². The Morgan fingerprint density at radius 3 is 2.79 bits per heavy atom. The molecule has 1 amide bonds. The minimum atomic E-state index is -0.354. The van der Waals surface area contributed by atoms with E-state index in [1.807, 2.05) is 26.0 Å². The standard InChI is InChI=1S/C20H19N5OS2/c1-12-7-8-17(13(2)9-12)23-19-24-25-20(28-19)27-14(3)18(26)22-16-6-4-5-15(10-16)11-21/h4-10,14H,1-3H3,(H,22,26)(H,23,24)/t14-/m1/s1. The molecule has 3 aromatic rings. The first kappa shape index (κ1) is 19.9. The highest BCUT2D eigenvalue weighted by molar-refractivity contribution is 8.02. The fourth-order valence-electron chi connectivity index (χ4n) is 2.49. The van der Waals surface area contributed by atoms with Crippen LogP contribution in [0.3, 0.4) is 0 Å². The summed E-state index contributed by atoms with van der Waals surface area (Å²) in [5, 5.41) is 23.7. The van der Waals surface area contributed by atoms with Gasteiger partial charge in [0.15, 0.2) is 4.34 Å². The zero-order chi connectivity index (χ0) is 20.1. The predicted molar refractivity (Wildman–Crippen MR) is 114 cm³/mol. The van der Waals surface area contributed by atoms with Crippen LogP contribution in [-0.2, 0) is 4.79 Å². The number of aryl methyl sites for hydroxylation is 2. The van der Waals surface area contributed by atoms with Gasteiger partial charge in [0.05, 0.1) is 16.9 Å². The van der Waals surface area contributed by atoms with E-state index in [1.54, 1.807) is 24.3 Å². The van der Waals surface area contributed by atoms with E-state index in [2.05, 4.69) is 39.9 Å². The van der Waals surface area contributed by atoms with Gasteiger partial charge in [-0.2, -0.15) is 5.26 Å². The molecule has 0 saturated heterocycles. The molecule has 6 nitrogen and oxygen atoms in total. The second-order valence-corrected chi connectivity index (χ2v) is 8.82. The third kappa shape index (κ3) is 5.09. The smallest absolute Gasteiger partial charge is 0.237 e. The summed E-state index contributed by atoms with van der Waals surface area (Å²) in [6.07, 6.45) is 0. The number of anilines is 3. The first-order valence-electron chi connectivity index (χ1n) is 8.60. The topological polar surface area (TPSA) is 90.7 Å². The lowest BCUT2D eigenvalue weighted by atomic mass is 10.1. The van der Waals surface area contributed by atoms with E-state index in [9.17, 15) is 4.79 Å². The number of benzene rings is 2. The summed E-state index contributed by atoms with van der Waals surface area (Å²) in [7, 11) is 0. The maximum absolute atomic E-state index is 12.4. The molecule has 2 aromatic carbocycles. The molecule has 2 N–H and O–H groups in total. The molecular weight excluding hydrogens is 390 g/mol. The molecule has 8 heteroatoms. The quantitative estimate of drug-likeness (QED) is 0.563. The van der Waals surface area contributed by atoms with E-state index in [0.717, 1.165) is 11.3 Å². The van der Waals surface area contributed by atoms with Crippen molar-refractivity contribution in [2.75, 3.05) is 10.6 Å². The Hall–Kier alpha value is -2.89. The lowest BCUT2D eigenvalue weighted by molar-refractivity contribution is -0.115. The molecule has 28 heavy (non-hydrogen) atoms. The highest BCUT2D eigenvalue weighted by atomic mass is 32.2. The number of carbonyl (C=O) groups excluding carboxylic acids is 1. The first-order valence-corrected chi connectivity index (χ1v) is 10.3. The molecule has 3 rings (SSSR count). The second-order valence-electron chi connectivity index (χ2n) is 6.26. The minimum Gasteiger partial charge on any atom is -0.330 e. The van der Waals surface area contributed by atoms with Crippen LogP contribution in [0.5, 0.6) is 0 Å². The van der Waals surface area contributed by atoms with Gasteiger partial charge in [0.1, 0.15) is 0 Å². The zero-order valence-corrected chi connectivity index (χ0v) is 17.3. The van der Waals surface area contributed by atoms with Gasteiger partial charge in [-0.3, -0.25) is 4.79 Å². The molecule has 0 aliphatic heterocycles. The minimum absolute atomic E-state index is 0.154. The Kier molecular flexibility index (Phi) is 6.29. The molecule has 142 valence electrons. The van der Waals surface area contributed by atoms with Gasteiger partial charge >= 0.3 is 0 Å². The van der Waals surface area contributed by atoms with E-state index >= 15 is 0 Å². The second kappa shape index (κ2) is 8.87. The molecule has 0 aliphatic rings. The van der Waals surface area contributed by atoms with Gasteiger partial charge in [0.25, 0.3) is 0 Å². The van der Waals surface area contributed by atoms with Crippen molar-refractivity contribution in [2.45, 2.75) is 30.4 Å². The van der Waals surface area contributed by atoms with E-state index in [1.165, 1.54) is 28.7 Å². The Labute approximate surface area is 172 Å². The molecule has 1 heterocycles. The molecule has 0 fully saturated rings. The van der Waals surface area contributed by atoms with E-state index in [-0.39, 0.29) is 11.2 Å². The van der Waals surface area contributed by atoms with Crippen LogP contribution in [0, 0.1) is 25.2 Å². The molecule has 0 aliphatic carbocycles. The van der Waals surface area contributed by atoms with Crippen LogP contribution in [0.4, 0.5) is 16.5 Å². The van der Waals surface area contributed by atoms with Crippen LogP contribution in [0.25, 0.3) is 0 Å². The molecule has 0 unspecified atom stereocenters. The van der Waals surface area contributed by atoms with Gasteiger partial charge in [0.2, 0.25) is 11.0 Å². The maximum atomic E-state index is 12.4. The fourth-order valence-corrected chi connectivity index (χ4v) is 4.40. The molecule has 1 atom stereocenters. The number of amides is 1. The van der Waals surface area contributed by atoms with Gasteiger partial charge in [-0.25, -0.2) is 0 Å². The van der Waals surface area contributed by atoms with E-state index < -0.39 is 0 Å². The van der Waals surface area contributed by atoms with Crippen LogP contribution >= 0.6 is 23.1 Å². The fraction of sp³-hybridized carbons (Fsp3) is 0.200. The normalized spacial score (nSPS) is 11.5. The summed E-state index contributed by atoms with van der Waals surface area (Å²) in [4.78, 5) is 12.4. The van der Waals surface area contributed by atoms with Crippen molar-refractivity contribution in [1.29, 1.82) is 5.26 Å². The van der Waals surface area contributed by atoms with Gasteiger partial charge in [-0.15, -0.1) is 10.2 Å². The number of rotatable bonds is 6. The number of hydrogen-bond donors (Lipinski definition) is 2. The number of nitrogens with zero attached hydrogens (tertiary/aromatic N) is 3. The predicted octanol–water partition coefficient (Wildman–Crippen LogP) is 4.89. The Morgan fingerprint density at radius 1 is 1.21 bits per heavy atom. The molecular formula is C20H19N5OS2. The summed E-state index contributed by atoms with van der Waals surface area (Å²) in [6, 6.07) is 15.1. The third-order valence-electron chi connectivity index (χ3n) is 3.94. The lowest BCUT2D eigenvalue weighted by Crippen LogP contribution is -2.22. The number of thioether (sulfide) groups is 1. The summed E-state index contributed by atoms with van der Waals surface area (Å²) in [6.45, 7) is 5.91. The monoisotopic (exact) mass is 409 g/mol. The van der Waals surface area contributed by atoms with Crippen molar-refractivity contribution in [3.05, 3.63) is 59.2 Å². The van der Waals surface area contributed by atoms with Crippen molar-refractivity contribution < 1.29 is 4.79 Å². The Bertz CT molecular complexity index is 1040. The van der Waals surface area contributed by atoms with Crippen LogP contribution in [-0.4, -0.2) is 21.4 Å². The summed E-state index contributed by atoms with van der Waals surface area (Å²) >= 11 is 2.75. The van der Waals surface area contributed by atoms with Gasteiger partial charge in [-0.1, -0.05) is 46.9 Å². The van der Waals surface area contributed by atoms with Gasteiger partial charge < -0.3 is 10.6 Å². The van der Waals surface area contributed by atoms with E-state index in [4.69, 9.17) is 5.26 Å². The van der Waals surface area contributed by atoms with Crippen LogP contribution < -0.4 is 10.6 Å². The SMILES string of the molecule is Cc1ccc(Nc2nnc(S[C@H](C)C(=O)Nc3cccc(C#N)c3)s2)c(C)c1. The lowest BCUT2D eigenvalue weighted by Gasteiger charge is -2.10. The average molecular weight is 410 g/mol. The van der Waals surface area contributed by atoms with Gasteiger partial charge in [-0.05, 0) is 50.6 Å². The zero-order valence-electron chi connectivity index (χ0n) is 15.7. The number of hydrogen-bond acceptors (Lipinski definition) is 7. The number of nitriles is 1. The molecule has 0 saturated carbocycles. The van der Waals surface area contributed by atoms with Gasteiger partial charge in [0, 0.05) is 11.4 Å². The summed E-state index contributed by atoms with van der Waals surface area (Å²) < 4.78 is 0.709. The maximum Gasteiger partial charge on any atom is 0.237 e. The molecule has 0 bridgehead atoms. The van der Waals surface area contributed by atoms with Crippen molar-refractivity contribution in [2.24, 2.45) is 0 Å². The Morgan fingerprint density at radius 2 is 2.04 bits per heavy atom. The van der Waals surface area contributed by atoms with Crippen LogP contribution in [0.15, 0.2) is 46.8 Å². The Balaban J connectivity index is 1.60. The van der Waals surface area contributed by atoms with Crippen molar-refractivity contribution >= 4 is 45.5 Å². The first-order chi connectivity index (χ1) is 13.4. The summed E-state index contributed by atoms with van der Waals surface area (Å²) in [5.74, 6) is -0.154. The molecule has 0 spiro atoms. The third-order valence-corrected chi connectivity index (χ3v) is 5.96. The highest BCUT2D eigenvalue weighted by Gasteiger charge is 2.18. The number of nitrogens with one attached hydrogen (secondary N) is 2. The van der Waals surface area contributed by atoms with Crippen molar-refractivity contribution in [3.8, 4) is 6.07 Å². The highest BCUT2D eigenvalue weighted by Crippen LogP contribution is 2.31. The number of aromatic nitrogens is 2. The molecule has 0 radical (unpaired) electrons. The van der Waals surface area contributed by atoms with Crippen molar-refractivity contribution in [1.82, 2.24) is 10.2 Å². The average Bonchev–Trinajstić information content (AvgIpc) is 3.11. The summed E-state index contributed by atoms with van der Waals surface area (Å²) in [5.41, 5.74) is 4.44. The van der Waals surface area contributed by atoms with Crippen molar-refractivity contribution in [3.63, 3.8) is 0 Å². The largest absolute Gasteiger partial charge is 0.330 e. The molecule has 1 aromatic heterocycles. The number of carbonyl (C=O) groups is 1. The van der Waals surface area contributed by atoms with Crippen LogP contribution in [0.2, 0.25) is 0 Å². The van der Waals surface area contributed by atoms with Crippen LogP contribution in [0.1, 0.15) is 23.6 Å².